The Morgan fingerprint density at radius 1 is 1.44 bits per heavy atom. The molecule has 0 spiro atoms. The van der Waals surface area contributed by atoms with Crippen molar-refractivity contribution in [1.29, 1.82) is 0 Å². The zero-order chi connectivity index (χ0) is 12.1. The molecule has 1 aromatic rings. The van der Waals surface area contributed by atoms with Crippen LogP contribution in [0.15, 0.2) is 34.4 Å². The van der Waals surface area contributed by atoms with Crippen molar-refractivity contribution >= 4 is 33.9 Å². The Balaban J connectivity index is 3.02. The van der Waals surface area contributed by atoms with Crippen LogP contribution in [0.25, 0.3) is 6.08 Å². The average Bonchev–Trinajstić information content (AvgIpc) is 2.15. The molecular formula is C11H10BrNO3. The first kappa shape index (κ1) is 12.4. The molecule has 16 heavy (non-hydrogen) atoms. The molecule has 0 aliphatic carbocycles. The van der Waals surface area contributed by atoms with E-state index in [0.29, 0.717) is 5.56 Å². The monoisotopic (exact) mass is 283 g/mol. The standard InChI is InChI=1S/C11H10BrNO3/c1-7(14)13-10(11(15)16)6-8-3-2-4-9(12)5-8/h2-6H,1H3,(H,13,14)(H,15,16). The highest BCUT2D eigenvalue weighted by Crippen LogP contribution is 2.13. The number of amides is 1. The number of aliphatic carboxylic acids is 1. The summed E-state index contributed by atoms with van der Waals surface area (Å²) in [6.45, 7) is 1.26. The van der Waals surface area contributed by atoms with E-state index in [2.05, 4.69) is 21.2 Å². The van der Waals surface area contributed by atoms with Crippen LogP contribution in [-0.2, 0) is 9.59 Å². The molecule has 0 unspecified atom stereocenters. The van der Waals surface area contributed by atoms with E-state index in [-0.39, 0.29) is 5.70 Å². The van der Waals surface area contributed by atoms with Crippen molar-refractivity contribution in [2.24, 2.45) is 0 Å². The smallest absolute Gasteiger partial charge is 0.352 e. The van der Waals surface area contributed by atoms with Crippen molar-refractivity contribution in [2.45, 2.75) is 6.92 Å². The molecule has 0 fully saturated rings. The molecule has 4 nitrogen and oxygen atoms in total. The molecule has 0 aromatic heterocycles. The van der Waals surface area contributed by atoms with Gasteiger partial charge in [0, 0.05) is 11.4 Å². The number of halogens is 1. The van der Waals surface area contributed by atoms with Crippen LogP contribution in [0.2, 0.25) is 0 Å². The zero-order valence-corrected chi connectivity index (χ0v) is 10.1. The molecule has 0 saturated heterocycles. The second-order valence-electron chi connectivity index (χ2n) is 3.10. The summed E-state index contributed by atoms with van der Waals surface area (Å²) < 4.78 is 0.841. The van der Waals surface area contributed by atoms with Gasteiger partial charge in [0.1, 0.15) is 5.70 Å². The van der Waals surface area contributed by atoms with Gasteiger partial charge in [0.15, 0.2) is 0 Å². The van der Waals surface area contributed by atoms with Crippen LogP contribution in [0.5, 0.6) is 0 Å². The molecule has 0 bridgehead atoms. The number of carboxylic acid groups (broad SMARTS) is 1. The first-order chi connectivity index (χ1) is 7.49. The highest BCUT2D eigenvalue weighted by molar-refractivity contribution is 9.10. The van der Waals surface area contributed by atoms with Crippen LogP contribution in [0.4, 0.5) is 0 Å². The van der Waals surface area contributed by atoms with Gasteiger partial charge in [-0.15, -0.1) is 0 Å². The maximum atomic E-state index is 10.8. The van der Waals surface area contributed by atoms with E-state index < -0.39 is 11.9 Å². The van der Waals surface area contributed by atoms with Gasteiger partial charge >= 0.3 is 5.97 Å². The molecule has 0 radical (unpaired) electrons. The molecule has 1 amide bonds. The van der Waals surface area contributed by atoms with Crippen LogP contribution in [0, 0.1) is 0 Å². The summed E-state index contributed by atoms with van der Waals surface area (Å²) in [6.07, 6.45) is 1.40. The topological polar surface area (TPSA) is 66.4 Å². The van der Waals surface area contributed by atoms with Crippen LogP contribution in [-0.4, -0.2) is 17.0 Å². The highest BCUT2D eigenvalue weighted by Gasteiger charge is 2.08. The minimum atomic E-state index is -1.17. The van der Waals surface area contributed by atoms with Crippen molar-refractivity contribution in [1.82, 2.24) is 5.32 Å². The third-order valence-electron chi connectivity index (χ3n) is 1.70. The van der Waals surface area contributed by atoms with Gasteiger partial charge < -0.3 is 10.4 Å². The molecule has 0 saturated carbocycles. The van der Waals surface area contributed by atoms with Gasteiger partial charge in [0.2, 0.25) is 5.91 Å². The van der Waals surface area contributed by atoms with Gasteiger partial charge in [-0.25, -0.2) is 4.79 Å². The van der Waals surface area contributed by atoms with Gasteiger partial charge in [-0.1, -0.05) is 28.1 Å². The lowest BCUT2D eigenvalue weighted by atomic mass is 10.2. The fraction of sp³-hybridized carbons (Fsp3) is 0.0909. The first-order valence-corrected chi connectivity index (χ1v) is 5.26. The first-order valence-electron chi connectivity index (χ1n) is 4.47. The molecule has 1 rings (SSSR count). The Labute approximate surface area is 101 Å². The molecule has 0 aliphatic rings. The molecule has 1 aromatic carbocycles. The van der Waals surface area contributed by atoms with Gasteiger partial charge in [-0.3, -0.25) is 4.79 Å². The molecule has 0 heterocycles. The summed E-state index contributed by atoms with van der Waals surface area (Å²) in [5.74, 6) is -1.58. The summed E-state index contributed by atoms with van der Waals surface area (Å²) >= 11 is 3.28. The van der Waals surface area contributed by atoms with E-state index in [1.807, 2.05) is 6.07 Å². The Morgan fingerprint density at radius 3 is 2.62 bits per heavy atom. The van der Waals surface area contributed by atoms with Crippen molar-refractivity contribution in [3.63, 3.8) is 0 Å². The minimum Gasteiger partial charge on any atom is -0.477 e. The highest BCUT2D eigenvalue weighted by atomic mass is 79.9. The van der Waals surface area contributed by atoms with Gasteiger partial charge in [-0.05, 0) is 23.8 Å². The lowest BCUT2D eigenvalue weighted by molar-refractivity contribution is -0.134. The van der Waals surface area contributed by atoms with Crippen LogP contribution < -0.4 is 5.32 Å². The van der Waals surface area contributed by atoms with Crippen molar-refractivity contribution in [3.05, 3.63) is 40.0 Å². The van der Waals surface area contributed by atoms with Crippen molar-refractivity contribution < 1.29 is 14.7 Å². The van der Waals surface area contributed by atoms with Gasteiger partial charge in [0.05, 0.1) is 0 Å². The lowest BCUT2D eigenvalue weighted by Gasteiger charge is -2.03. The Kier molecular flexibility index (Phi) is 4.25. The third kappa shape index (κ3) is 3.86. The number of hydrogen-bond donors (Lipinski definition) is 2. The molecule has 0 atom stereocenters. The molecule has 84 valence electrons. The predicted molar refractivity (Wildman–Crippen MR) is 63.6 cm³/mol. The fourth-order valence-electron chi connectivity index (χ4n) is 1.10. The Hall–Kier alpha value is -1.62. The second-order valence-corrected chi connectivity index (χ2v) is 4.02. The number of carboxylic acids is 1. The Bertz CT molecular complexity index is 454. The van der Waals surface area contributed by atoms with Crippen LogP contribution in [0.3, 0.4) is 0 Å². The third-order valence-corrected chi connectivity index (χ3v) is 2.19. The quantitative estimate of drug-likeness (QED) is 0.834. The lowest BCUT2D eigenvalue weighted by Crippen LogP contribution is -2.24. The molecule has 2 N–H and O–H groups in total. The van der Waals surface area contributed by atoms with Crippen LogP contribution >= 0.6 is 15.9 Å². The van der Waals surface area contributed by atoms with Crippen LogP contribution in [0.1, 0.15) is 12.5 Å². The second kappa shape index (κ2) is 5.46. The SMILES string of the molecule is CC(=O)NC(=Cc1cccc(Br)c1)C(=O)O. The van der Waals surface area contributed by atoms with E-state index in [1.54, 1.807) is 18.2 Å². The zero-order valence-electron chi connectivity index (χ0n) is 8.53. The van der Waals surface area contributed by atoms with E-state index in [1.165, 1.54) is 13.0 Å². The summed E-state index contributed by atoms with van der Waals surface area (Å²) in [7, 11) is 0. The summed E-state index contributed by atoms with van der Waals surface area (Å²) in [4.78, 5) is 21.6. The largest absolute Gasteiger partial charge is 0.477 e. The number of carbonyl (C=O) groups excluding carboxylic acids is 1. The van der Waals surface area contributed by atoms with E-state index >= 15 is 0 Å². The predicted octanol–water partition coefficient (Wildman–Crippen LogP) is 2.01. The van der Waals surface area contributed by atoms with Crippen molar-refractivity contribution in [3.8, 4) is 0 Å². The van der Waals surface area contributed by atoms with E-state index in [9.17, 15) is 9.59 Å². The van der Waals surface area contributed by atoms with Crippen molar-refractivity contribution in [2.75, 3.05) is 0 Å². The maximum absolute atomic E-state index is 10.8. The fourth-order valence-corrected chi connectivity index (χ4v) is 1.52. The molecular weight excluding hydrogens is 274 g/mol. The number of benzene rings is 1. The van der Waals surface area contributed by atoms with Gasteiger partial charge in [0.25, 0.3) is 0 Å². The average molecular weight is 284 g/mol. The molecule has 0 aliphatic heterocycles. The molecule has 5 heteroatoms. The number of carbonyl (C=O) groups is 2. The normalized spacial score (nSPS) is 11.0. The summed E-state index contributed by atoms with van der Waals surface area (Å²) in [6, 6.07) is 7.11. The Morgan fingerprint density at radius 2 is 2.12 bits per heavy atom. The van der Waals surface area contributed by atoms with E-state index in [4.69, 9.17) is 5.11 Å². The number of nitrogens with one attached hydrogen (secondary N) is 1. The van der Waals surface area contributed by atoms with Gasteiger partial charge in [-0.2, -0.15) is 0 Å². The van der Waals surface area contributed by atoms with E-state index in [0.717, 1.165) is 4.47 Å². The summed E-state index contributed by atoms with van der Waals surface area (Å²) in [5, 5.41) is 11.1. The minimum absolute atomic E-state index is 0.148. The summed E-state index contributed by atoms with van der Waals surface area (Å²) in [5.41, 5.74) is 0.547. The number of rotatable bonds is 3. The maximum Gasteiger partial charge on any atom is 0.352 e. The number of hydrogen-bond acceptors (Lipinski definition) is 2.